The van der Waals surface area contributed by atoms with E-state index in [1.807, 2.05) is 31.2 Å². The molecule has 2 aliphatic heterocycles. The average molecular weight is 562 g/mol. The summed E-state index contributed by atoms with van der Waals surface area (Å²) in [4.78, 5) is 20.6. The lowest BCUT2D eigenvalue weighted by Gasteiger charge is -2.28. The SMILES string of the molecule is Cc1ccc2sc(N(CC3CCCO3)C(=O)c3ccc(S(=O)(=O)N4CCc5ccccc5C4)cc3)nc2c1C. The molecule has 0 N–H and O–H groups in total. The predicted octanol–water partition coefficient (Wildman–Crippen LogP) is 5.49. The molecule has 4 aromatic rings. The molecule has 9 heteroatoms. The largest absolute Gasteiger partial charge is 0.376 e. The molecule has 0 radical (unpaired) electrons. The zero-order valence-corrected chi connectivity index (χ0v) is 23.7. The van der Waals surface area contributed by atoms with Gasteiger partial charge in [-0.3, -0.25) is 9.69 Å². The molecule has 3 heterocycles. The number of fused-ring (bicyclic) bond motifs is 2. The zero-order chi connectivity index (χ0) is 27.1. The molecule has 1 unspecified atom stereocenters. The van der Waals surface area contributed by atoms with Crippen molar-refractivity contribution in [2.24, 2.45) is 0 Å². The fourth-order valence-corrected chi connectivity index (χ4v) is 7.77. The molecule has 2 aliphatic rings. The van der Waals surface area contributed by atoms with E-state index in [0.717, 1.165) is 39.7 Å². The Bertz CT molecular complexity index is 1640. The lowest BCUT2D eigenvalue weighted by molar-refractivity contribution is 0.0917. The van der Waals surface area contributed by atoms with E-state index < -0.39 is 10.0 Å². The Morgan fingerprint density at radius 1 is 1.08 bits per heavy atom. The van der Waals surface area contributed by atoms with Gasteiger partial charge in [-0.2, -0.15) is 4.31 Å². The number of sulfonamides is 1. The number of ether oxygens (including phenoxy) is 1. The maximum absolute atomic E-state index is 13.8. The van der Waals surface area contributed by atoms with Crippen LogP contribution in [-0.4, -0.2) is 49.4 Å². The van der Waals surface area contributed by atoms with E-state index in [2.05, 4.69) is 19.1 Å². The van der Waals surface area contributed by atoms with Crippen molar-refractivity contribution in [3.8, 4) is 0 Å². The van der Waals surface area contributed by atoms with Gasteiger partial charge in [-0.25, -0.2) is 13.4 Å². The van der Waals surface area contributed by atoms with Gasteiger partial charge < -0.3 is 4.74 Å². The summed E-state index contributed by atoms with van der Waals surface area (Å²) in [6, 6.07) is 18.4. The Kier molecular flexibility index (Phi) is 7.01. The van der Waals surface area contributed by atoms with Crippen LogP contribution in [0.1, 0.15) is 45.5 Å². The first-order valence-corrected chi connectivity index (χ1v) is 15.5. The van der Waals surface area contributed by atoms with Gasteiger partial charge in [0.1, 0.15) is 0 Å². The molecule has 1 saturated heterocycles. The Morgan fingerprint density at radius 3 is 2.59 bits per heavy atom. The second-order valence-corrected chi connectivity index (χ2v) is 13.2. The second kappa shape index (κ2) is 10.5. The quantitative estimate of drug-likeness (QED) is 0.311. The molecule has 1 atom stereocenters. The first-order valence-electron chi connectivity index (χ1n) is 13.3. The number of amides is 1. The van der Waals surface area contributed by atoms with Gasteiger partial charge in [-0.05, 0) is 85.7 Å². The fourth-order valence-electron chi connectivity index (χ4n) is 5.32. The Hall–Kier alpha value is -3.11. The molecule has 0 aliphatic carbocycles. The molecule has 6 rings (SSSR count). The predicted molar refractivity (Wildman–Crippen MR) is 154 cm³/mol. The van der Waals surface area contributed by atoms with Crippen LogP contribution in [0.3, 0.4) is 0 Å². The number of carbonyl (C=O) groups is 1. The third-order valence-electron chi connectivity index (χ3n) is 7.79. The smallest absolute Gasteiger partial charge is 0.260 e. The molecule has 0 spiro atoms. The van der Waals surface area contributed by atoms with Crippen LogP contribution >= 0.6 is 11.3 Å². The van der Waals surface area contributed by atoms with Gasteiger partial charge in [-0.15, -0.1) is 0 Å². The van der Waals surface area contributed by atoms with Gasteiger partial charge in [-0.1, -0.05) is 41.7 Å². The molecule has 39 heavy (non-hydrogen) atoms. The maximum Gasteiger partial charge on any atom is 0.260 e. The van der Waals surface area contributed by atoms with Crippen LogP contribution in [0.5, 0.6) is 0 Å². The van der Waals surface area contributed by atoms with Crippen LogP contribution in [-0.2, 0) is 27.7 Å². The molecule has 3 aromatic carbocycles. The van der Waals surface area contributed by atoms with Crippen molar-refractivity contribution in [3.05, 3.63) is 88.5 Å². The van der Waals surface area contributed by atoms with Crippen molar-refractivity contribution in [2.45, 2.75) is 50.7 Å². The number of carbonyl (C=O) groups excluding carboxylic acids is 1. The van der Waals surface area contributed by atoms with Crippen molar-refractivity contribution in [1.82, 2.24) is 9.29 Å². The lowest BCUT2D eigenvalue weighted by atomic mass is 10.0. The van der Waals surface area contributed by atoms with Gasteiger partial charge in [0.2, 0.25) is 10.0 Å². The van der Waals surface area contributed by atoms with E-state index in [0.29, 0.717) is 43.4 Å². The second-order valence-electron chi connectivity index (χ2n) is 10.3. The Balaban J connectivity index is 1.28. The third-order valence-corrected chi connectivity index (χ3v) is 10.7. The lowest BCUT2D eigenvalue weighted by Crippen LogP contribution is -2.37. The van der Waals surface area contributed by atoms with Crippen molar-refractivity contribution in [2.75, 3.05) is 24.6 Å². The monoisotopic (exact) mass is 561 g/mol. The number of anilines is 1. The van der Waals surface area contributed by atoms with Crippen LogP contribution in [0.25, 0.3) is 10.2 Å². The number of hydrogen-bond acceptors (Lipinski definition) is 6. The summed E-state index contributed by atoms with van der Waals surface area (Å²) < 4.78 is 35.3. The topological polar surface area (TPSA) is 79.8 Å². The highest BCUT2D eigenvalue weighted by molar-refractivity contribution is 7.89. The summed E-state index contributed by atoms with van der Waals surface area (Å²) in [5.41, 5.74) is 5.81. The summed E-state index contributed by atoms with van der Waals surface area (Å²) >= 11 is 1.49. The van der Waals surface area contributed by atoms with E-state index in [1.54, 1.807) is 29.2 Å². The van der Waals surface area contributed by atoms with Gasteiger partial charge in [0.05, 0.1) is 27.8 Å². The first kappa shape index (κ1) is 26.1. The van der Waals surface area contributed by atoms with Crippen LogP contribution in [0.15, 0.2) is 65.6 Å². The fraction of sp³-hybridized carbons (Fsp3) is 0.333. The van der Waals surface area contributed by atoms with Crippen LogP contribution in [0.2, 0.25) is 0 Å². The van der Waals surface area contributed by atoms with Gasteiger partial charge in [0, 0.05) is 25.3 Å². The third kappa shape index (κ3) is 5.00. The van der Waals surface area contributed by atoms with E-state index in [9.17, 15) is 13.2 Å². The van der Waals surface area contributed by atoms with Crippen molar-refractivity contribution >= 4 is 42.6 Å². The summed E-state index contributed by atoms with van der Waals surface area (Å²) in [7, 11) is -3.69. The van der Waals surface area contributed by atoms with Gasteiger partial charge >= 0.3 is 0 Å². The normalized spacial score (nSPS) is 17.8. The molecule has 0 bridgehead atoms. The molecular formula is C30H31N3O4S2. The number of benzene rings is 3. The van der Waals surface area contributed by atoms with Gasteiger partial charge in [0.15, 0.2) is 5.13 Å². The highest BCUT2D eigenvalue weighted by Gasteiger charge is 2.30. The standard InChI is InChI=1S/C30H31N3O4S2/c1-20-9-14-27-28(21(20)2)31-30(38-27)33(19-25-8-5-17-37-25)29(34)23-10-12-26(13-11-23)39(35,36)32-16-15-22-6-3-4-7-24(22)18-32/h3-4,6-7,9-14,25H,5,8,15-19H2,1-2H3. The molecule has 1 fully saturated rings. The molecule has 1 aromatic heterocycles. The van der Waals surface area contributed by atoms with Crippen molar-refractivity contribution in [3.63, 3.8) is 0 Å². The molecule has 202 valence electrons. The van der Waals surface area contributed by atoms with E-state index in [-0.39, 0.29) is 16.9 Å². The molecular weight excluding hydrogens is 530 g/mol. The highest BCUT2D eigenvalue weighted by atomic mass is 32.2. The average Bonchev–Trinajstić information content (AvgIpc) is 3.63. The Labute approximate surface area is 233 Å². The molecule has 1 amide bonds. The number of thiazole rings is 1. The number of rotatable bonds is 6. The van der Waals surface area contributed by atoms with Crippen molar-refractivity contribution < 1.29 is 17.9 Å². The summed E-state index contributed by atoms with van der Waals surface area (Å²) in [5, 5.41) is 0.628. The number of aryl methyl sites for hydroxylation is 2. The van der Waals surface area contributed by atoms with E-state index in [4.69, 9.17) is 9.72 Å². The highest BCUT2D eigenvalue weighted by Crippen LogP contribution is 2.34. The molecule has 0 saturated carbocycles. The number of nitrogens with zero attached hydrogens (tertiary/aromatic N) is 3. The summed E-state index contributed by atoms with van der Waals surface area (Å²) in [5.74, 6) is -0.213. The van der Waals surface area contributed by atoms with Crippen molar-refractivity contribution in [1.29, 1.82) is 0 Å². The molecule has 7 nitrogen and oxygen atoms in total. The minimum Gasteiger partial charge on any atom is -0.376 e. The minimum atomic E-state index is -3.69. The maximum atomic E-state index is 13.8. The Morgan fingerprint density at radius 2 is 1.85 bits per heavy atom. The van der Waals surface area contributed by atoms with Gasteiger partial charge in [0.25, 0.3) is 5.91 Å². The minimum absolute atomic E-state index is 0.0505. The number of hydrogen-bond donors (Lipinski definition) is 0. The van der Waals surface area contributed by atoms with E-state index >= 15 is 0 Å². The first-order chi connectivity index (χ1) is 18.8. The van der Waals surface area contributed by atoms with E-state index in [1.165, 1.54) is 21.2 Å². The van der Waals surface area contributed by atoms with Crippen LogP contribution in [0, 0.1) is 13.8 Å². The van der Waals surface area contributed by atoms with Crippen LogP contribution in [0.4, 0.5) is 5.13 Å². The zero-order valence-electron chi connectivity index (χ0n) is 22.1. The number of aromatic nitrogens is 1. The summed E-state index contributed by atoms with van der Waals surface area (Å²) in [6.45, 7) is 5.99. The van der Waals surface area contributed by atoms with Crippen LogP contribution < -0.4 is 4.90 Å². The summed E-state index contributed by atoms with van der Waals surface area (Å²) in [6.07, 6.45) is 2.50.